The molecule has 7 heteroatoms. The second-order valence-electron chi connectivity index (χ2n) is 8.26. The van der Waals surface area contributed by atoms with E-state index in [0.29, 0.717) is 22.2 Å². The summed E-state index contributed by atoms with van der Waals surface area (Å²) in [4.78, 5) is 33.2. The lowest BCUT2D eigenvalue weighted by Crippen LogP contribution is -2.40. The van der Waals surface area contributed by atoms with Crippen LogP contribution in [0.3, 0.4) is 0 Å². The smallest absolute Gasteiger partial charge is 0.263 e. The molecular formula is C23H27N3O2S2. The first-order valence-electron chi connectivity index (χ1n) is 10.3. The van der Waals surface area contributed by atoms with Gasteiger partial charge < -0.3 is 4.90 Å². The Morgan fingerprint density at radius 1 is 1.30 bits per heavy atom. The van der Waals surface area contributed by atoms with Crippen LogP contribution in [-0.2, 0) is 11.8 Å². The van der Waals surface area contributed by atoms with Crippen molar-refractivity contribution in [3.8, 4) is 11.1 Å². The molecular weight excluding hydrogens is 414 g/mol. The predicted octanol–water partition coefficient (Wildman–Crippen LogP) is 4.63. The Kier molecular flexibility index (Phi) is 6.02. The molecule has 1 amide bonds. The standard InChI is InChI=1S/C23H27N3O2S2/c1-14-6-5-9-26(11-14)19(27)13-30-23-24-21-20(22(28)25(23)4)18(12-29-21)17-8-7-15(2)16(3)10-17/h7-8,10,12,14H,5-6,9,11,13H2,1-4H3. The highest BCUT2D eigenvalue weighted by Gasteiger charge is 2.22. The molecule has 3 heterocycles. The van der Waals surface area contributed by atoms with Crippen LogP contribution in [0.2, 0.25) is 0 Å². The first-order chi connectivity index (χ1) is 14.3. The highest BCUT2D eigenvalue weighted by molar-refractivity contribution is 7.99. The number of carbonyl (C=O) groups is 1. The number of aromatic nitrogens is 2. The Hall–Kier alpha value is -2.12. The fourth-order valence-electron chi connectivity index (χ4n) is 3.94. The zero-order valence-electron chi connectivity index (χ0n) is 17.9. The van der Waals surface area contributed by atoms with E-state index in [-0.39, 0.29) is 11.5 Å². The molecule has 1 aromatic carbocycles. The molecule has 0 radical (unpaired) electrons. The third-order valence-electron chi connectivity index (χ3n) is 5.93. The van der Waals surface area contributed by atoms with E-state index >= 15 is 0 Å². The van der Waals surface area contributed by atoms with Gasteiger partial charge in [0.1, 0.15) is 4.83 Å². The molecule has 1 fully saturated rings. The van der Waals surface area contributed by atoms with Crippen molar-refractivity contribution in [1.82, 2.24) is 14.5 Å². The van der Waals surface area contributed by atoms with Crippen LogP contribution in [0.4, 0.5) is 0 Å². The summed E-state index contributed by atoms with van der Waals surface area (Å²) < 4.78 is 1.58. The van der Waals surface area contributed by atoms with Crippen LogP contribution in [-0.4, -0.2) is 39.2 Å². The molecule has 1 aliphatic heterocycles. The summed E-state index contributed by atoms with van der Waals surface area (Å²) in [6.45, 7) is 8.02. The average Bonchev–Trinajstić information content (AvgIpc) is 3.15. The van der Waals surface area contributed by atoms with Crippen molar-refractivity contribution in [2.45, 2.75) is 38.8 Å². The molecule has 1 atom stereocenters. The van der Waals surface area contributed by atoms with Crippen LogP contribution < -0.4 is 5.56 Å². The number of hydrogen-bond donors (Lipinski definition) is 0. The number of amides is 1. The summed E-state index contributed by atoms with van der Waals surface area (Å²) in [7, 11) is 1.74. The molecule has 0 spiro atoms. The van der Waals surface area contributed by atoms with Crippen molar-refractivity contribution >= 4 is 39.2 Å². The van der Waals surface area contributed by atoms with Crippen LogP contribution in [0.1, 0.15) is 30.9 Å². The molecule has 3 aromatic rings. The van der Waals surface area contributed by atoms with Crippen LogP contribution >= 0.6 is 23.1 Å². The van der Waals surface area contributed by atoms with E-state index in [9.17, 15) is 9.59 Å². The van der Waals surface area contributed by atoms with E-state index in [0.717, 1.165) is 35.5 Å². The molecule has 0 saturated carbocycles. The highest BCUT2D eigenvalue weighted by atomic mass is 32.2. The summed E-state index contributed by atoms with van der Waals surface area (Å²) in [6.07, 6.45) is 2.25. The molecule has 158 valence electrons. The molecule has 30 heavy (non-hydrogen) atoms. The summed E-state index contributed by atoms with van der Waals surface area (Å²) in [6, 6.07) is 6.27. The minimum atomic E-state index is -0.0592. The molecule has 4 rings (SSSR count). The molecule has 0 bridgehead atoms. The van der Waals surface area contributed by atoms with Crippen molar-refractivity contribution < 1.29 is 4.79 Å². The number of aryl methyl sites for hydroxylation is 2. The van der Waals surface area contributed by atoms with E-state index in [4.69, 9.17) is 4.98 Å². The Bertz CT molecular complexity index is 1170. The summed E-state index contributed by atoms with van der Waals surface area (Å²) in [5, 5.41) is 3.27. The second-order valence-corrected chi connectivity index (χ2v) is 10.1. The first kappa shape index (κ1) is 21.1. The Morgan fingerprint density at radius 2 is 2.10 bits per heavy atom. The maximum atomic E-state index is 13.2. The summed E-state index contributed by atoms with van der Waals surface area (Å²) in [5.41, 5.74) is 4.35. The number of nitrogens with zero attached hydrogens (tertiary/aromatic N) is 3. The van der Waals surface area contributed by atoms with Crippen LogP contribution in [0.25, 0.3) is 21.3 Å². The molecule has 1 saturated heterocycles. The normalized spacial score (nSPS) is 16.9. The minimum Gasteiger partial charge on any atom is -0.342 e. The van der Waals surface area contributed by atoms with Gasteiger partial charge in [-0.2, -0.15) is 0 Å². The predicted molar refractivity (Wildman–Crippen MR) is 125 cm³/mol. The van der Waals surface area contributed by atoms with Gasteiger partial charge in [-0.05, 0) is 49.3 Å². The van der Waals surface area contributed by atoms with Crippen molar-refractivity contribution in [2.24, 2.45) is 13.0 Å². The van der Waals surface area contributed by atoms with E-state index in [2.05, 4.69) is 39.0 Å². The van der Waals surface area contributed by atoms with Gasteiger partial charge in [-0.15, -0.1) is 11.3 Å². The quantitative estimate of drug-likeness (QED) is 0.438. The largest absolute Gasteiger partial charge is 0.342 e. The van der Waals surface area contributed by atoms with Crippen molar-refractivity contribution in [3.63, 3.8) is 0 Å². The monoisotopic (exact) mass is 441 g/mol. The molecule has 5 nitrogen and oxygen atoms in total. The van der Waals surface area contributed by atoms with Gasteiger partial charge in [0.15, 0.2) is 5.16 Å². The van der Waals surface area contributed by atoms with Crippen LogP contribution in [0.5, 0.6) is 0 Å². The van der Waals surface area contributed by atoms with Gasteiger partial charge in [0.2, 0.25) is 5.91 Å². The lowest BCUT2D eigenvalue weighted by atomic mass is 10.0. The molecule has 0 N–H and O–H groups in total. The summed E-state index contributed by atoms with van der Waals surface area (Å²) >= 11 is 2.84. The highest BCUT2D eigenvalue weighted by Crippen LogP contribution is 2.33. The second kappa shape index (κ2) is 8.55. The van der Waals surface area contributed by atoms with E-state index in [1.807, 2.05) is 10.3 Å². The number of benzene rings is 1. The van der Waals surface area contributed by atoms with Gasteiger partial charge in [0, 0.05) is 31.1 Å². The zero-order chi connectivity index (χ0) is 21.4. The maximum Gasteiger partial charge on any atom is 0.263 e. The van der Waals surface area contributed by atoms with E-state index in [1.54, 1.807) is 11.6 Å². The lowest BCUT2D eigenvalue weighted by molar-refractivity contribution is -0.130. The number of likely N-dealkylation sites (tertiary alicyclic amines) is 1. The van der Waals surface area contributed by atoms with Crippen LogP contribution in [0.15, 0.2) is 33.5 Å². The summed E-state index contributed by atoms with van der Waals surface area (Å²) in [5.74, 6) is 0.998. The average molecular weight is 442 g/mol. The number of rotatable bonds is 4. The van der Waals surface area contributed by atoms with Crippen LogP contribution in [0, 0.1) is 19.8 Å². The Balaban J connectivity index is 1.60. The molecule has 1 aliphatic rings. The van der Waals surface area contributed by atoms with Gasteiger partial charge in [0.05, 0.1) is 11.1 Å². The number of thioether (sulfide) groups is 1. The fourth-order valence-corrected chi connectivity index (χ4v) is 5.80. The topological polar surface area (TPSA) is 55.2 Å². The molecule has 0 aliphatic carbocycles. The third-order valence-corrected chi connectivity index (χ3v) is 7.81. The van der Waals surface area contributed by atoms with Gasteiger partial charge in [-0.25, -0.2) is 4.98 Å². The minimum absolute atomic E-state index is 0.0592. The Labute approximate surface area is 185 Å². The molecule has 2 aromatic heterocycles. The zero-order valence-corrected chi connectivity index (χ0v) is 19.5. The van der Waals surface area contributed by atoms with E-state index in [1.165, 1.54) is 40.6 Å². The van der Waals surface area contributed by atoms with Crippen molar-refractivity contribution in [2.75, 3.05) is 18.8 Å². The number of hydrogen-bond acceptors (Lipinski definition) is 5. The fraction of sp³-hybridized carbons (Fsp3) is 0.435. The lowest BCUT2D eigenvalue weighted by Gasteiger charge is -2.30. The van der Waals surface area contributed by atoms with Gasteiger partial charge in [0.25, 0.3) is 5.56 Å². The van der Waals surface area contributed by atoms with Crippen molar-refractivity contribution in [1.29, 1.82) is 0 Å². The van der Waals surface area contributed by atoms with Gasteiger partial charge >= 0.3 is 0 Å². The number of piperidine rings is 1. The van der Waals surface area contributed by atoms with E-state index < -0.39 is 0 Å². The number of fused-ring (bicyclic) bond motifs is 1. The SMILES string of the molecule is Cc1ccc(-c2csc3nc(SCC(=O)N4CCCC(C)C4)n(C)c(=O)c23)cc1C. The number of thiophene rings is 1. The Morgan fingerprint density at radius 3 is 2.83 bits per heavy atom. The molecule has 1 unspecified atom stereocenters. The van der Waals surface area contributed by atoms with Gasteiger partial charge in [-0.1, -0.05) is 36.9 Å². The third kappa shape index (κ3) is 4.05. The van der Waals surface area contributed by atoms with Gasteiger partial charge in [-0.3, -0.25) is 14.2 Å². The van der Waals surface area contributed by atoms with Crippen molar-refractivity contribution in [3.05, 3.63) is 45.1 Å². The first-order valence-corrected chi connectivity index (χ1v) is 12.2. The number of carbonyl (C=O) groups excluding carboxylic acids is 1. The maximum absolute atomic E-state index is 13.2.